The van der Waals surface area contributed by atoms with E-state index in [0.717, 1.165) is 5.56 Å². The zero-order valence-electron chi connectivity index (χ0n) is 13.4. The van der Waals surface area contributed by atoms with E-state index < -0.39 is 6.09 Å². The van der Waals surface area contributed by atoms with Crippen molar-refractivity contribution in [2.24, 2.45) is 0 Å². The lowest BCUT2D eigenvalue weighted by Gasteiger charge is -2.05. The molecular weight excluding hydrogens is 304 g/mol. The summed E-state index contributed by atoms with van der Waals surface area (Å²) in [6.07, 6.45) is 3.12. The van der Waals surface area contributed by atoms with Crippen molar-refractivity contribution in [3.63, 3.8) is 0 Å². The molecule has 0 atom stereocenters. The van der Waals surface area contributed by atoms with E-state index in [1.807, 2.05) is 30.3 Å². The van der Waals surface area contributed by atoms with E-state index in [-0.39, 0.29) is 12.4 Å². The summed E-state index contributed by atoms with van der Waals surface area (Å²) in [5.41, 5.74) is 2.14. The van der Waals surface area contributed by atoms with Crippen LogP contribution in [-0.2, 0) is 11.3 Å². The average molecular weight is 322 g/mol. The van der Waals surface area contributed by atoms with Gasteiger partial charge in [0.1, 0.15) is 6.61 Å². The molecule has 5 nitrogen and oxygen atoms in total. The Hall–Kier alpha value is -3.13. The fraction of sp³-hybridized carbons (Fsp3) is 0.211. The first-order chi connectivity index (χ1) is 11.6. The normalized spacial score (nSPS) is 9.54. The lowest BCUT2D eigenvalue weighted by atomic mass is 10.1. The number of carbonyl (C=O) groups is 2. The van der Waals surface area contributed by atoms with E-state index in [4.69, 9.17) is 4.74 Å². The SMILES string of the molecule is CC(=O)c1cncc(C#CCCNC(=O)OCc2ccccc2)c1. The zero-order chi connectivity index (χ0) is 17.2. The second-order valence-corrected chi connectivity index (χ2v) is 5.06. The van der Waals surface area contributed by atoms with Gasteiger partial charge in [-0.05, 0) is 18.6 Å². The Kier molecular flexibility index (Phi) is 6.54. The molecule has 0 saturated carbocycles. The van der Waals surface area contributed by atoms with E-state index in [0.29, 0.717) is 24.1 Å². The van der Waals surface area contributed by atoms with Crippen LogP contribution in [0.5, 0.6) is 0 Å². The number of hydrogen-bond acceptors (Lipinski definition) is 4. The highest BCUT2D eigenvalue weighted by Crippen LogP contribution is 2.02. The van der Waals surface area contributed by atoms with Crippen LogP contribution in [0.15, 0.2) is 48.8 Å². The Bertz CT molecular complexity index is 761. The van der Waals surface area contributed by atoms with Crippen LogP contribution in [0.4, 0.5) is 4.79 Å². The Labute approximate surface area is 141 Å². The Balaban J connectivity index is 1.70. The number of hydrogen-bond donors (Lipinski definition) is 1. The summed E-state index contributed by atoms with van der Waals surface area (Å²) in [4.78, 5) is 26.8. The Morgan fingerprint density at radius 3 is 2.75 bits per heavy atom. The summed E-state index contributed by atoms with van der Waals surface area (Å²) >= 11 is 0. The zero-order valence-corrected chi connectivity index (χ0v) is 13.4. The lowest BCUT2D eigenvalue weighted by molar-refractivity contribution is 0.101. The molecule has 0 fully saturated rings. The molecule has 0 spiro atoms. The number of ether oxygens (including phenoxy) is 1. The molecule has 122 valence electrons. The molecular formula is C19H18N2O3. The molecule has 0 unspecified atom stereocenters. The number of aromatic nitrogens is 1. The number of amides is 1. The molecule has 0 aliphatic rings. The van der Waals surface area contributed by atoms with E-state index in [1.165, 1.54) is 13.1 Å². The topological polar surface area (TPSA) is 68.3 Å². The minimum atomic E-state index is -0.471. The van der Waals surface area contributed by atoms with E-state index in [2.05, 4.69) is 22.1 Å². The number of nitrogens with one attached hydrogen (secondary N) is 1. The number of nitrogens with zero attached hydrogens (tertiary/aromatic N) is 1. The molecule has 1 amide bonds. The number of pyridine rings is 1. The Morgan fingerprint density at radius 1 is 1.21 bits per heavy atom. The number of benzene rings is 1. The van der Waals surface area contributed by atoms with Crippen molar-refractivity contribution in [3.8, 4) is 11.8 Å². The standard InChI is InChI=1S/C19H18N2O3/c1-15(22)18-11-17(12-20-13-18)9-5-6-10-21-19(23)24-14-16-7-3-2-4-8-16/h2-4,7-8,11-13H,6,10,14H2,1H3,(H,21,23). The molecule has 0 saturated heterocycles. The first-order valence-electron chi connectivity index (χ1n) is 7.54. The third kappa shape index (κ3) is 5.93. The summed E-state index contributed by atoms with van der Waals surface area (Å²) in [6.45, 7) is 2.11. The van der Waals surface area contributed by atoms with Gasteiger partial charge in [-0.2, -0.15) is 0 Å². The van der Waals surface area contributed by atoms with Crippen LogP contribution in [0.25, 0.3) is 0 Å². The van der Waals surface area contributed by atoms with Gasteiger partial charge in [0.2, 0.25) is 0 Å². The first kappa shape index (κ1) is 17.2. The second-order valence-electron chi connectivity index (χ2n) is 5.06. The van der Waals surface area contributed by atoms with Crippen molar-refractivity contribution >= 4 is 11.9 Å². The lowest BCUT2D eigenvalue weighted by Crippen LogP contribution is -2.24. The predicted molar refractivity (Wildman–Crippen MR) is 90.4 cm³/mol. The minimum absolute atomic E-state index is 0.0472. The van der Waals surface area contributed by atoms with Gasteiger partial charge in [-0.25, -0.2) is 4.79 Å². The summed E-state index contributed by atoms with van der Waals surface area (Å²) in [7, 11) is 0. The predicted octanol–water partition coefficient (Wildman–Crippen LogP) is 2.95. The van der Waals surface area contributed by atoms with E-state index >= 15 is 0 Å². The highest BCUT2D eigenvalue weighted by atomic mass is 16.5. The van der Waals surface area contributed by atoms with Crippen molar-refractivity contribution < 1.29 is 14.3 Å². The van der Waals surface area contributed by atoms with Gasteiger partial charge in [0.25, 0.3) is 0 Å². The first-order valence-corrected chi connectivity index (χ1v) is 7.54. The van der Waals surface area contributed by atoms with Gasteiger partial charge in [-0.15, -0.1) is 0 Å². The maximum absolute atomic E-state index is 11.5. The van der Waals surface area contributed by atoms with Crippen molar-refractivity contribution in [1.29, 1.82) is 0 Å². The third-order valence-corrected chi connectivity index (χ3v) is 3.11. The molecule has 2 aromatic rings. The van der Waals surface area contributed by atoms with Crippen molar-refractivity contribution in [1.82, 2.24) is 10.3 Å². The quantitative estimate of drug-likeness (QED) is 0.522. The fourth-order valence-electron chi connectivity index (χ4n) is 1.87. The van der Waals surface area contributed by atoms with Crippen molar-refractivity contribution in [3.05, 3.63) is 65.5 Å². The molecule has 1 N–H and O–H groups in total. The monoisotopic (exact) mass is 322 g/mol. The molecule has 5 heteroatoms. The van der Waals surface area contributed by atoms with Crippen LogP contribution in [0.3, 0.4) is 0 Å². The Morgan fingerprint density at radius 2 is 2.00 bits per heavy atom. The molecule has 1 aromatic carbocycles. The minimum Gasteiger partial charge on any atom is -0.445 e. The molecule has 24 heavy (non-hydrogen) atoms. The maximum Gasteiger partial charge on any atom is 0.407 e. The molecule has 0 radical (unpaired) electrons. The number of alkyl carbamates (subject to hydrolysis) is 1. The van der Waals surface area contributed by atoms with Crippen molar-refractivity contribution in [2.45, 2.75) is 20.0 Å². The van der Waals surface area contributed by atoms with Gasteiger partial charge >= 0.3 is 6.09 Å². The molecule has 1 heterocycles. The van der Waals surface area contributed by atoms with Crippen LogP contribution >= 0.6 is 0 Å². The molecule has 0 bridgehead atoms. The van der Waals surface area contributed by atoms with E-state index in [1.54, 1.807) is 12.3 Å². The smallest absolute Gasteiger partial charge is 0.407 e. The number of carbonyl (C=O) groups excluding carboxylic acids is 2. The van der Waals surface area contributed by atoms with Gasteiger partial charge in [0.05, 0.1) is 0 Å². The highest BCUT2D eigenvalue weighted by Gasteiger charge is 2.01. The molecule has 0 aliphatic carbocycles. The van der Waals surface area contributed by atoms with Gasteiger partial charge in [-0.1, -0.05) is 42.2 Å². The van der Waals surface area contributed by atoms with Crippen LogP contribution in [0, 0.1) is 11.8 Å². The van der Waals surface area contributed by atoms with E-state index in [9.17, 15) is 9.59 Å². The molecule has 1 aromatic heterocycles. The van der Waals surface area contributed by atoms with Crippen LogP contribution in [0.2, 0.25) is 0 Å². The van der Waals surface area contributed by atoms with Crippen LogP contribution < -0.4 is 5.32 Å². The largest absolute Gasteiger partial charge is 0.445 e. The fourth-order valence-corrected chi connectivity index (χ4v) is 1.87. The second kappa shape index (κ2) is 9.11. The number of Topliss-reactive ketones (excluding diaryl/α,β-unsaturated/α-hetero) is 1. The summed E-state index contributed by atoms with van der Waals surface area (Å²) in [5.74, 6) is 5.79. The van der Waals surface area contributed by atoms with Crippen LogP contribution in [-0.4, -0.2) is 23.4 Å². The van der Waals surface area contributed by atoms with Crippen LogP contribution in [0.1, 0.15) is 34.8 Å². The van der Waals surface area contributed by atoms with Gasteiger partial charge < -0.3 is 10.1 Å². The summed E-state index contributed by atoms with van der Waals surface area (Å²) < 4.78 is 5.09. The maximum atomic E-state index is 11.5. The third-order valence-electron chi connectivity index (χ3n) is 3.11. The summed E-state index contributed by atoms with van der Waals surface area (Å²) in [5, 5.41) is 2.64. The number of ketones is 1. The average Bonchev–Trinajstić information content (AvgIpc) is 2.61. The molecule has 2 rings (SSSR count). The number of rotatable bonds is 5. The van der Waals surface area contributed by atoms with Gasteiger partial charge in [0, 0.05) is 36.5 Å². The van der Waals surface area contributed by atoms with Gasteiger partial charge in [0.15, 0.2) is 5.78 Å². The highest BCUT2D eigenvalue weighted by molar-refractivity contribution is 5.94. The van der Waals surface area contributed by atoms with Crippen molar-refractivity contribution in [2.75, 3.05) is 6.54 Å². The van der Waals surface area contributed by atoms with Gasteiger partial charge in [-0.3, -0.25) is 9.78 Å². The summed E-state index contributed by atoms with van der Waals surface area (Å²) in [6, 6.07) is 11.2. The molecule has 0 aliphatic heterocycles.